The van der Waals surface area contributed by atoms with Crippen LogP contribution in [0.5, 0.6) is 0 Å². The van der Waals surface area contributed by atoms with Gasteiger partial charge in [-0.25, -0.2) is 4.68 Å². The van der Waals surface area contributed by atoms with Gasteiger partial charge < -0.3 is 0 Å². The van der Waals surface area contributed by atoms with Crippen LogP contribution in [0.1, 0.15) is 11.4 Å². The van der Waals surface area contributed by atoms with E-state index < -0.39 is 0 Å². The molecule has 0 aliphatic carbocycles. The molecule has 0 amide bonds. The van der Waals surface area contributed by atoms with E-state index in [0.29, 0.717) is 0 Å². The van der Waals surface area contributed by atoms with Crippen molar-refractivity contribution in [2.24, 2.45) is 0 Å². The van der Waals surface area contributed by atoms with E-state index in [4.69, 9.17) is 0 Å². The number of halogens is 1. The smallest absolute Gasteiger partial charge is 0.155 e. The van der Waals surface area contributed by atoms with Crippen molar-refractivity contribution in [1.29, 1.82) is 0 Å². The summed E-state index contributed by atoms with van der Waals surface area (Å²) in [6.45, 7) is 0.861. The number of hydrogen-bond donors (Lipinski definition) is 0. The summed E-state index contributed by atoms with van der Waals surface area (Å²) in [5.41, 5.74) is 1.22. The maximum absolute atomic E-state index is 4.07. The molecule has 2 aromatic rings. The summed E-state index contributed by atoms with van der Waals surface area (Å²) in [4.78, 5) is 0. The lowest BCUT2D eigenvalue weighted by molar-refractivity contribution is 0.609. The standard InChI is InChI=1S/C11H13BrN4S/c1-17-7-6-16-11(13-14-15-16)8-9-2-4-10(12)5-3-9/h2-5H,6-8H2,1H3. The highest BCUT2D eigenvalue weighted by molar-refractivity contribution is 9.10. The summed E-state index contributed by atoms with van der Waals surface area (Å²) in [5, 5.41) is 11.8. The molecular formula is C11H13BrN4S. The Balaban J connectivity index is 2.07. The number of tetrazole rings is 1. The van der Waals surface area contributed by atoms with Gasteiger partial charge in [0.25, 0.3) is 0 Å². The summed E-state index contributed by atoms with van der Waals surface area (Å²) >= 11 is 5.22. The first-order valence-electron chi connectivity index (χ1n) is 5.28. The van der Waals surface area contributed by atoms with Crippen molar-refractivity contribution < 1.29 is 0 Å². The van der Waals surface area contributed by atoms with Crippen molar-refractivity contribution >= 4 is 27.7 Å². The molecule has 6 heteroatoms. The van der Waals surface area contributed by atoms with Gasteiger partial charge in [0.2, 0.25) is 0 Å². The van der Waals surface area contributed by atoms with Crippen molar-refractivity contribution in [3.8, 4) is 0 Å². The number of aryl methyl sites for hydroxylation is 1. The van der Waals surface area contributed by atoms with E-state index in [9.17, 15) is 0 Å². The highest BCUT2D eigenvalue weighted by Crippen LogP contribution is 2.13. The number of thioether (sulfide) groups is 1. The fourth-order valence-electron chi connectivity index (χ4n) is 1.49. The second-order valence-electron chi connectivity index (χ2n) is 3.61. The first kappa shape index (κ1) is 12.6. The molecule has 0 N–H and O–H groups in total. The maximum Gasteiger partial charge on any atom is 0.155 e. The average Bonchev–Trinajstić information content (AvgIpc) is 2.77. The summed E-state index contributed by atoms with van der Waals surface area (Å²) in [5.74, 6) is 1.94. The van der Waals surface area contributed by atoms with E-state index in [-0.39, 0.29) is 0 Å². The Morgan fingerprint density at radius 3 is 2.76 bits per heavy atom. The number of benzene rings is 1. The monoisotopic (exact) mass is 312 g/mol. The summed E-state index contributed by atoms with van der Waals surface area (Å²) in [6, 6.07) is 8.23. The lowest BCUT2D eigenvalue weighted by atomic mass is 10.1. The van der Waals surface area contributed by atoms with Crippen LogP contribution in [0.3, 0.4) is 0 Å². The molecule has 0 unspecified atom stereocenters. The molecule has 0 bridgehead atoms. The van der Waals surface area contributed by atoms with Gasteiger partial charge in [-0.05, 0) is 34.4 Å². The second-order valence-corrected chi connectivity index (χ2v) is 5.52. The van der Waals surface area contributed by atoms with Crippen LogP contribution in [-0.4, -0.2) is 32.2 Å². The van der Waals surface area contributed by atoms with Crippen LogP contribution in [0.15, 0.2) is 28.7 Å². The van der Waals surface area contributed by atoms with Gasteiger partial charge in [0.15, 0.2) is 5.82 Å². The van der Waals surface area contributed by atoms with Crippen LogP contribution in [0.25, 0.3) is 0 Å². The Bertz CT molecular complexity index is 469. The Labute approximate surface area is 113 Å². The first-order chi connectivity index (χ1) is 8.29. The first-order valence-corrected chi connectivity index (χ1v) is 7.46. The number of aromatic nitrogens is 4. The van der Waals surface area contributed by atoms with Crippen LogP contribution in [-0.2, 0) is 13.0 Å². The van der Waals surface area contributed by atoms with Gasteiger partial charge in [-0.1, -0.05) is 28.1 Å². The Morgan fingerprint density at radius 2 is 2.06 bits per heavy atom. The average molecular weight is 313 g/mol. The molecule has 1 aromatic heterocycles. The predicted octanol–water partition coefficient (Wildman–Crippen LogP) is 2.39. The molecule has 0 atom stereocenters. The van der Waals surface area contributed by atoms with Crippen molar-refractivity contribution in [2.45, 2.75) is 13.0 Å². The Hall–Kier alpha value is -0.880. The minimum atomic E-state index is 0.772. The normalized spacial score (nSPS) is 10.7. The van der Waals surface area contributed by atoms with E-state index >= 15 is 0 Å². The van der Waals surface area contributed by atoms with E-state index in [1.807, 2.05) is 16.8 Å². The lowest BCUT2D eigenvalue weighted by Gasteiger charge is -2.03. The zero-order chi connectivity index (χ0) is 12.1. The fourth-order valence-corrected chi connectivity index (χ4v) is 2.11. The third kappa shape index (κ3) is 3.54. The van der Waals surface area contributed by atoms with E-state index in [2.05, 4.69) is 49.8 Å². The molecule has 0 radical (unpaired) electrons. The summed E-state index contributed by atoms with van der Waals surface area (Å²) in [6.07, 6.45) is 2.85. The van der Waals surface area contributed by atoms with E-state index in [1.165, 1.54) is 5.56 Å². The van der Waals surface area contributed by atoms with Crippen molar-refractivity contribution in [3.05, 3.63) is 40.1 Å². The minimum absolute atomic E-state index is 0.772. The van der Waals surface area contributed by atoms with Gasteiger partial charge in [0.05, 0.1) is 6.54 Å². The zero-order valence-corrected chi connectivity index (χ0v) is 11.9. The highest BCUT2D eigenvalue weighted by atomic mass is 79.9. The molecular weight excluding hydrogens is 300 g/mol. The highest BCUT2D eigenvalue weighted by Gasteiger charge is 2.06. The molecule has 0 saturated heterocycles. The van der Waals surface area contributed by atoms with Crippen LogP contribution in [0.4, 0.5) is 0 Å². The number of nitrogens with zero attached hydrogens (tertiary/aromatic N) is 4. The van der Waals surface area contributed by atoms with Gasteiger partial charge in [-0.15, -0.1) is 5.10 Å². The van der Waals surface area contributed by atoms with Gasteiger partial charge in [-0.3, -0.25) is 0 Å². The van der Waals surface area contributed by atoms with E-state index in [1.54, 1.807) is 11.8 Å². The molecule has 4 nitrogen and oxygen atoms in total. The molecule has 1 heterocycles. The van der Waals surface area contributed by atoms with Crippen molar-refractivity contribution in [2.75, 3.05) is 12.0 Å². The van der Waals surface area contributed by atoms with Gasteiger partial charge in [0.1, 0.15) is 0 Å². The second kappa shape index (κ2) is 6.16. The Morgan fingerprint density at radius 1 is 1.29 bits per heavy atom. The van der Waals surface area contributed by atoms with Crippen LogP contribution in [0.2, 0.25) is 0 Å². The fraction of sp³-hybridized carbons (Fsp3) is 0.364. The Kier molecular flexibility index (Phi) is 4.56. The minimum Gasteiger partial charge on any atom is -0.228 e. The van der Waals surface area contributed by atoms with Crippen molar-refractivity contribution in [3.63, 3.8) is 0 Å². The molecule has 2 rings (SSSR count). The third-order valence-electron chi connectivity index (χ3n) is 2.39. The number of rotatable bonds is 5. The van der Waals surface area contributed by atoms with Crippen molar-refractivity contribution in [1.82, 2.24) is 20.2 Å². The molecule has 90 valence electrons. The third-order valence-corrected chi connectivity index (χ3v) is 3.51. The maximum atomic E-state index is 4.07. The quantitative estimate of drug-likeness (QED) is 0.850. The molecule has 0 fully saturated rings. The molecule has 0 aliphatic rings. The topological polar surface area (TPSA) is 43.6 Å². The van der Waals surface area contributed by atoms with Gasteiger partial charge >= 0.3 is 0 Å². The SMILES string of the molecule is CSCCn1nnnc1Cc1ccc(Br)cc1. The van der Waals surface area contributed by atoms with Gasteiger partial charge in [0, 0.05) is 16.6 Å². The molecule has 17 heavy (non-hydrogen) atoms. The summed E-state index contributed by atoms with van der Waals surface area (Å²) < 4.78 is 2.96. The summed E-state index contributed by atoms with van der Waals surface area (Å²) in [7, 11) is 0. The molecule has 0 aliphatic heterocycles. The van der Waals surface area contributed by atoms with E-state index in [0.717, 1.165) is 29.0 Å². The molecule has 1 aromatic carbocycles. The zero-order valence-electron chi connectivity index (χ0n) is 9.51. The van der Waals surface area contributed by atoms with Crippen LogP contribution >= 0.6 is 27.7 Å². The van der Waals surface area contributed by atoms with Crippen LogP contribution < -0.4 is 0 Å². The molecule has 0 saturated carbocycles. The lowest BCUT2D eigenvalue weighted by Crippen LogP contribution is -2.08. The largest absolute Gasteiger partial charge is 0.228 e. The number of hydrogen-bond acceptors (Lipinski definition) is 4. The predicted molar refractivity (Wildman–Crippen MR) is 73.1 cm³/mol. The molecule has 0 spiro atoms. The van der Waals surface area contributed by atoms with Gasteiger partial charge in [-0.2, -0.15) is 11.8 Å². The van der Waals surface area contributed by atoms with Crippen LogP contribution in [0, 0.1) is 0 Å².